The number of rotatable bonds is 5. The minimum atomic E-state index is -2.85. The molecule has 1 atom stereocenters. The van der Waals surface area contributed by atoms with Crippen LogP contribution in [-0.2, 0) is 6.54 Å². The molecule has 1 fully saturated rings. The Kier molecular flexibility index (Phi) is 6.45. The average Bonchev–Trinajstić information content (AvgIpc) is 2.76. The molecule has 7 heteroatoms. The first-order chi connectivity index (χ1) is 9.08. The summed E-state index contributed by atoms with van der Waals surface area (Å²) in [6.45, 7) is -0.300. The second kappa shape index (κ2) is 7.61. The third kappa shape index (κ3) is 4.47. The summed E-state index contributed by atoms with van der Waals surface area (Å²) in [4.78, 5) is 2.23. The molecule has 0 spiro atoms. The van der Waals surface area contributed by atoms with Gasteiger partial charge in [0.05, 0.1) is 7.11 Å². The summed E-state index contributed by atoms with van der Waals surface area (Å²) in [6.07, 6.45) is 0.990. The Hall–Kier alpha value is -1.11. The third-order valence-corrected chi connectivity index (χ3v) is 3.16. The Labute approximate surface area is 123 Å². The fraction of sp³-hybridized carbons (Fsp3) is 0.538. The third-order valence-electron chi connectivity index (χ3n) is 3.16. The van der Waals surface area contributed by atoms with E-state index in [2.05, 4.69) is 9.64 Å². The minimum Gasteiger partial charge on any atom is -0.493 e. The van der Waals surface area contributed by atoms with Crippen LogP contribution in [0.25, 0.3) is 0 Å². The maximum atomic E-state index is 12.2. The summed E-state index contributed by atoms with van der Waals surface area (Å²) >= 11 is 0. The first-order valence-electron chi connectivity index (χ1n) is 6.18. The van der Waals surface area contributed by atoms with Gasteiger partial charge in [-0.3, -0.25) is 4.90 Å². The van der Waals surface area contributed by atoms with Gasteiger partial charge < -0.3 is 15.2 Å². The largest absolute Gasteiger partial charge is 0.493 e. The second-order valence-electron chi connectivity index (χ2n) is 4.65. The number of ether oxygens (including phenoxy) is 2. The summed E-state index contributed by atoms with van der Waals surface area (Å²) in [5.41, 5.74) is 6.84. The van der Waals surface area contributed by atoms with E-state index in [1.165, 1.54) is 13.2 Å². The van der Waals surface area contributed by atoms with E-state index < -0.39 is 6.61 Å². The predicted molar refractivity (Wildman–Crippen MR) is 74.7 cm³/mol. The van der Waals surface area contributed by atoms with Gasteiger partial charge in [-0.2, -0.15) is 8.78 Å². The van der Waals surface area contributed by atoms with Gasteiger partial charge in [0.25, 0.3) is 0 Å². The van der Waals surface area contributed by atoms with E-state index in [1.807, 2.05) is 0 Å². The van der Waals surface area contributed by atoms with Gasteiger partial charge in [-0.05, 0) is 24.1 Å². The summed E-state index contributed by atoms with van der Waals surface area (Å²) in [7, 11) is 1.43. The number of hydrogen-bond acceptors (Lipinski definition) is 4. The molecule has 114 valence electrons. The second-order valence-corrected chi connectivity index (χ2v) is 4.65. The highest BCUT2D eigenvalue weighted by molar-refractivity contribution is 5.85. The molecule has 0 aromatic heterocycles. The van der Waals surface area contributed by atoms with Gasteiger partial charge in [0.2, 0.25) is 0 Å². The molecule has 20 heavy (non-hydrogen) atoms. The molecule has 2 rings (SSSR count). The summed E-state index contributed by atoms with van der Waals surface area (Å²) < 4.78 is 33.9. The van der Waals surface area contributed by atoms with Crippen LogP contribution in [0.15, 0.2) is 18.2 Å². The van der Waals surface area contributed by atoms with Crippen molar-refractivity contribution < 1.29 is 18.3 Å². The molecular weight excluding hydrogens is 290 g/mol. The Balaban J connectivity index is 0.00000200. The van der Waals surface area contributed by atoms with Crippen LogP contribution in [0, 0.1) is 0 Å². The highest BCUT2D eigenvalue weighted by atomic mass is 35.5. The fourth-order valence-electron chi connectivity index (χ4n) is 2.27. The molecule has 1 unspecified atom stereocenters. The van der Waals surface area contributed by atoms with E-state index in [4.69, 9.17) is 10.5 Å². The van der Waals surface area contributed by atoms with Crippen molar-refractivity contribution >= 4 is 12.4 Å². The van der Waals surface area contributed by atoms with Crippen molar-refractivity contribution in [2.24, 2.45) is 5.73 Å². The van der Waals surface area contributed by atoms with Crippen LogP contribution in [0.2, 0.25) is 0 Å². The van der Waals surface area contributed by atoms with Crippen molar-refractivity contribution in [3.63, 3.8) is 0 Å². The van der Waals surface area contributed by atoms with Crippen LogP contribution < -0.4 is 15.2 Å². The summed E-state index contributed by atoms with van der Waals surface area (Å²) in [6, 6.07) is 5.23. The number of methoxy groups -OCH3 is 1. The molecule has 0 radical (unpaired) electrons. The zero-order valence-corrected chi connectivity index (χ0v) is 12.0. The van der Waals surface area contributed by atoms with Gasteiger partial charge >= 0.3 is 6.61 Å². The lowest BCUT2D eigenvalue weighted by molar-refractivity contribution is -0.0512. The van der Waals surface area contributed by atoms with Crippen molar-refractivity contribution in [3.05, 3.63) is 23.8 Å². The highest BCUT2D eigenvalue weighted by Gasteiger charge is 2.19. The quantitative estimate of drug-likeness (QED) is 0.906. The van der Waals surface area contributed by atoms with Gasteiger partial charge in [-0.15, -0.1) is 12.4 Å². The Morgan fingerprint density at radius 3 is 2.70 bits per heavy atom. The van der Waals surface area contributed by atoms with Crippen LogP contribution in [0.4, 0.5) is 8.78 Å². The van der Waals surface area contributed by atoms with Crippen molar-refractivity contribution in [2.75, 3.05) is 20.2 Å². The molecule has 1 aliphatic heterocycles. The lowest BCUT2D eigenvalue weighted by Crippen LogP contribution is -2.26. The van der Waals surface area contributed by atoms with Crippen LogP contribution in [0.3, 0.4) is 0 Å². The van der Waals surface area contributed by atoms with Crippen LogP contribution >= 0.6 is 12.4 Å². The smallest absolute Gasteiger partial charge is 0.387 e. The van der Waals surface area contributed by atoms with Crippen molar-refractivity contribution in [3.8, 4) is 11.5 Å². The molecule has 1 heterocycles. The zero-order valence-electron chi connectivity index (χ0n) is 11.2. The minimum absolute atomic E-state index is 0. The molecule has 4 nitrogen and oxygen atoms in total. The molecule has 0 aliphatic carbocycles. The summed E-state index contributed by atoms with van der Waals surface area (Å²) in [5.74, 6) is 0.376. The number of nitrogens with zero attached hydrogens (tertiary/aromatic N) is 1. The van der Waals surface area contributed by atoms with E-state index in [1.54, 1.807) is 12.1 Å². The normalized spacial score (nSPS) is 18.9. The van der Waals surface area contributed by atoms with Gasteiger partial charge in [-0.25, -0.2) is 0 Å². The first kappa shape index (κ1) is 16.9. The summed E-state index contributed by atoms with van der Waals surface area (Å²) in [5, 5.41) is 0. The Bertz CT molecular complexity index is 435. The standard InChI is InChI=1S/C13H18F2N2O2.ClH/c1-18-12-6-9(2-3-11(12)19-13(14)15)7-17-5-4-10(16)8-17;/h2-3,6,10,13H,4-5,7-8,16H2,1H3;1H. The first-order valence-corrected chi connectivity index (χ1v) is 6.18. The molecule has 1 aromatic rings. The average molecular weight is 309 g/mol. The molecule has 1 saturated heterocycles. The van der Waals surface area contributed by atoms with Crippen LogP contribution in [0.1, 0.15) is 12.0 Å². The lowest BCUT2D eigenvalue weighted by atomic mass is 10.2. The van der Waals surface area contributed by atoms with Crippen molar-refractivity contribution in [1.82, 2.24) is 4.90 Å². The number of nitrogens with two attached hydrogens (primary N) is 1. The van der Waals surface area contributed by atoms with Gasteiger partial charge in [-0.1, -0.05) is 6.07 Å². The van der Waals surface area contributed by atoms with E-state index in [-0.39, 0.29) is 24.2 Å². The molecule has 1 aromatic carbocycles. The van der Waals surface area contributed by atoms with E-state index in [0.29, 0.717) is 5.75 Å². The number of alkyl halides is 2. The SMILES string of the molecule is COc1cc(CN2CCC(N)C2)ccc1OC(F)F.Cl. The predicted octanol–water partition coefficient (Wildman–Crippen LogP) is 2.25. The van der Waals surface area contributed by atoms with Crippen molar-refractivity contribution in [1.29, 1.82) is 0 Å². The van der Waals surface area contributed by atoms with Crippen molar-refractivity contribution in [2.45, 2.75) is 25.6 Å². The number of benzene rings is 1. The zero-order chi connectivity index (χ0) is 13.8. The fourth-order valence-corrected chi connectivity index (χ4v) is 2.27. The topological polar surface area (TPSA) is 47.7 Å². The number of likely N-dealkylation sites (tertiary alicyclic amines) is 1. The van der Waals surface area contributed by atoms with Gasteiger partial charge in [0, 0.05) is 25.7 Å². The number of hydrogen-bond donors (Lipinski definition) is 1. The molecular formula is C13H19ClF2N2O2. The highest BCUT2D eigenvalue weighted by Crippen LogP contribution is 2.30. The van der Waals surface area contributed by atoms with E-state index in [9.17, 15) is 8.78 Å². The van der Waals surface area contributed by atoms with Gasteiger partial charge in [0.15, 0.2) is 11.5 Å². The molecule has 1 aliphatic rings. The molecule has 0 saturated carbocycles. The van der Waals surface area contributed by atoms with E-state index in [0.717, 1.165) is 31.6 Å². The Morgan fingerprint density at radius 1 is 1.40 bits per heavy atom. The molecule has 2 N–H and O–H groups in total. The van der Waals surface area contributed by atoms with Crippen LogP contribution in [-0.4, -0.2) is 37.8 Å². The van der Waals surface area contributed by atoms with Gasteiger partial charge in [0.1, 0.15) is 0 Å². The van der Waals surface area contributed by atoms with E-state index >= 15 is 0 Å². The number of halogens is 3. The molecule has 0 bridgehead atoms. The van der Waals surface area contributed by atoms with Crippen LogP contribution in [0.5, 0.6) is 11.5 Å². The maximum Gasteiger partial charge on any atom is 0.387 e. The maximum absolute atomic E-state index is 12.2. The monoisotopic (exact) mass is 308 g/mol. The lowest BCUT2D eigenvalue weighted by Gasteiger charge is -2.17. The Morgan fingerprint density at radius 2 is 2.15 bits per heavy atom. The molecule has 0 amide bonds.